The molecule has 3 rings (SSSR count). The van der Waals surface area contributed by atoms with E-state index in [0.717, 1.165) is 16.7 Å². The quantitative estimate of drug-likeness (QED) is 0.110. The van der Waals surface area contributed by atoms with Crippen LogP contribution in [0.3, 0.4) is 0 Å². The first kappa shape index (κ1) is 44.9. The Kier molecular flexibility index (Phi) is 22.6. The van der Waals surface area contributed by atoms with Crippen molar-refractivity contribution in [2.75, 3.05) is 6.61 Å². The third-order valence-corrected chi connectivity index (χ3v) is 5.00. The molecule has 0 spiro atoms. The summed E-state index contributed by atoms with van der Waals surface area (Å²) >= 11 is 0. The molecule has 44 heavy (non-hydrogen) atoms. The topological polar surface area (TPSA) is 176 Å². The number of aromatic nitrogens is 3. The summed E-state index contributed by atoms with van der Waals surface area (Å²) in [7, 11) is 4.58. The molecule has 5 N–H and O–H groups in total. The van der Waals surface area contributed by atoms with Gasteiger partial charge in [-0.1, -0.05) is 0 Å². The van der Waals surface area contributed by atoms with Gasteiger partial charge >= 0.3 is 0 Å². The van der Waals surface area contributed by atoms with Crippen LogP contribution in [0.1, 0.15) is 31.3 Å². The van der Waals surface area contributed by atoms with Crippen LogP contribution in [0.25, 0.3) is 0 Å². The number of rotatable bonds is 6. The number of aryl methyl sites for hydroxylation is 3. The number of hydrogen-bond donors (Lipinski definition) is 5. The molecule has 2 atom stereocenters. The molecule has 0 amide bonds. The maximum absolute atomic E-state index is 12.1. The number of ether oxygens (including phenoxy) is 1. The minimum atomic E-state index is -3.05. The molecule has 254 valence electrons. The standard InChI is InChI=1S/C8H9F2NO3.C8H9F2NO2.C6H7NO2.C4H10O2.CH3.Pd/c1-11-3-2-4(12)6(13)5(11)7(14)8(9)10;1-11-3-2-6(12)8(13)5(11)4-7(9)10;1-7-3-2-5(8)6(9)4-7;1-3-6-4(2)5;;/h2-3,7-8,13-14H,1H3;2-3,7,13H,4H2,1H3;2-4,9H,1H3;4-5H,3H2,1-2H3;1H3;/q;;;;-1;. The van der Waals surface area contributed by atoms with Crippen molar-refractivity contribution in [2.24, 2.45) is 21.1 Å². The van der Waals surface area contributed by atoms with Crippen LogP contribution in [-0.4, -0.2) is 65.0 Å². The molecule has 0 fully saturated rings. The van der Waals surface area contributed by atoms with Crippen molar-refractivity contribution in [3.05, 3.63) is 92.5 Å². The molecule has 0 aliphatic rings. The van der Waals surface area contributed by atoms with Crippen LogP contribution >= 0.6 is 0 Å². The summed E-state index contributed by atoms with van der Waals surface area (Å²) in [6.45, 7) is 4.01. The number of alkyl halides is 4. The van der Waals surface area contributed by atoms with Gasteiger partial charge < -0.3 is 51.4 Å². The Morgan fingerprint density at radius 2 is 1.30 bits per heavy atom. The van der Waals surface area contributed by atoms with Gasteiger partial charge in [0, 0.05) is 91.2 Å². The predicted molar refractivity (Wildman–Crippen MR) is 150 cm³/mol. The van der Waals surface area contributed by atoms with Gasteiger partial charge in [0.15, 0.2) is 29.6 Å². The van der Waals surface area contributed by atoms with Gasteiger partial charge in [-0.3, -0.25) is 14.4 Å². The van der Waals surface area contributed by atoms with Gasteiger partial charge in [-0.15, -0.1) is 0 Å². The molecule has 3 heterocycles. The molecule has 0 aliphatic heterocycles. The summed E-state index contributed by atoms with van der Waals surface area (Å²) in [4.78, 5) is 32.3. The van der Waals surface area contributed by atoms with Crippen LogP contribution < -0.4 is 16.3 Å². The van der Waals surface area contributed by atoms with Gasteiger partial charge in [-0.25, -0.2) is 17.6 Å². The van der Waals surface area contributed by atoms with E-state index in [1.54, 1.807) is 24.7 Å². The third kappa shape index (κ3) is 15.8. The summed E-state index contributed by atoms with van der Waals surface area (Å²) in [5.41, 5.74) is -2.28. The average molecular weight is 731 g/mol. The van der Waals surface area contributed by atoms with Gasteiger partial charge in [0.2, 0.25) is 22.7 Å². The second-order valence-corrected chi connectivity index (χ2v) is 8.40. The van der Waals surface area contributed by atoms with Crippen LogP contribution in [0, 0.1) is 7.43 Å². The van der Waals surface area contributed by atoms with Crippen molar-refractivity contribution in [3.8, 4) is 17.2 Å². The molecule has 0 bridgehead atoms. The molecular formula is C27H38F4N3O9Pd-. The largest absolute Gasteiger partial charge is 0.503 e. The molecule has 17 heteroatoms. The third-order valence-electron chi connectivity index (χ3n) is 5.00. The number of aliphatic hydroxyl groups is 2. The first-order valence-corrected chi connectivity index (χ1v) is 12.1. The van der Waals surface area contributed by atoms with Gasteiger partial charge in [0.05, 0.1) is 17.8 Å². The zero-order valence-electron chi connectivity index (χ0n) is 24.8. The van der Waals surface area contributed by atoms with E-state index in [2.05, 4.69) is 4.74 Å². The van der Waals surface area contributed by atoms with E-state index in [-0.39, 0.29) is 44.7 Å². The summed E-state index contributed by atoms with van der Waals surface area (Å²) < 4.78 is 56.8. The Hall–Kier alpha value is -3.49. The number of pyridine rings is 3. The van der Waals surface area contributed by atoms with Crippen LogP contribution in [-0.2, 0) is 52.7 Å². The Labute approximate surface area is 264 Å². The van der Waals surface area contributed by atoms with Gasteiger partial charge in [0.25, 0.3) is 6.43 Å². The summed E-state index contributed by atoms with van der Waals surface area (Å²) in [6, 6.07) is 3.47. The maximum atomic E-state index is 12.1. The number of hydrogen-bond acceptors (Lipinski definition) is 9. The molecule has 0 aromatic carbocycles. The molecule has 0 saturated heterocycles. The fourth-order valence-electron chi connectivity index (χ4n) is 2.96. The molecular weight excluding hydrogens is 693 g/mol. The Morgan fingerprint density at radius 3 is 1.68 bits per heavy atom. The van der Waals surface area contributed by atoms with Crippen molar-refractivity contribution in [1.82, 2.24) is 13.7 Å². The normalized spacial score (nSPS) is 11.3. The summed E-state index contributed by atoms with van der Waals surface area (Å²) in [6.07, 6.45) is -3.50. The van der Waals surface area contributed by atoms with E-state index >= 15 is 0 Å². The van der Waals surface area contributed by atoms with Gasteiger partial charge in [-0.2, -0.15) is 0 Å². The van der Waals surface area contributed by atoms with E-state index in [1.807, 2.05) is 6.92 Å². The fourth-order valence-corrected chi connectivity index (χ4v) is 2.96. The molecule has 2 unspecified atom stereocenters. The van der Waals surface area contributed by atoms with E-state index in [9.17, 15) is 37.1 Å². The van der Waals surface area contributed by atoms with Crippen molar-refractivity contribution in [3.63, 3.8) is 0 Å². The molecule has 12 nitrogen and oxygen atoms in total. The minimum Gasteiger partial charge on any atom is -0.503 e. The van der Waals surface area contributed by atoms with Gasteiger partial charge in [0.1, 0.15) is 0 Å². The van der Waals surface area contributed by atoms with Crippen LogP contribution in [0.5, 0.6) is 17.2 Å². The number of nitrogens with zero attached hydrogens (tertiary/aromatic N) is 3. The zero-order chi connectivity index (χ0) is 32.7. The first-order valence-electron chi connectivity index (χ1n) is 12.1. The van der Waals surface area contributed by atoms with Crippen molar-refractivity contribution in [1.29, 1.82) is 0 Å². The SMILES string of the molecule is CCOC(C)O.Cn1ccc(=O)c(O)c1.Cn1ccc(=O)c(O)c1C(O)C(F)F.Cn1ccc(=O)c(O)c1CC(F)F.[CH3-].[Pd]. The maximum Gasteiger partial charge on any atom is 0.269 e. The van der Waals surface area contributed by atoms with Crippen LogP contribution in [0.15, 0.2) is 57.4 Å². The van der Waals surface area contributed by atoms with Crippen molar-refractivity contribution >= 4 is 0 Å². The van der Waals surface area contributed by atoms with Crippen molar-refractivity contribution in [2.45, 2.75) is 45.5 Å². The summed E-state index contributed by atoms with van der Waals surface area (Å²) in [5.74, 6) is -1.65. The fraction of sp³-hybridized carbons (Fsp3) is 0.407. The molecule has 0 saturated carbocycles. The molecule has 0 aliphatic carbocycles. The second kappa shape index (κ2) is 22.1. The smallest absolute Gasteiger partial charge is 0.269 e. The van der Waals surface area contributed by atoms with E-state index in [4.69, 9.17) is 20.4 Å². The van der Waals surface area contributed by atoms with Crippen molar-refractivity contribution < 1.29 is 68.3 Å². The van der Waals surface area contributed by atoms with E-state index in [1.165, 1.54) is 43.3 Å². The minimum absolute atomic E-state index is 0. The Morgan fingerprint density at radius 1 is 0.818 bits per heavy atom. The Balaban J connectivity index is -0.000000523. The second-order valence-electron chi connectivity index (χ2n) is 8.40. The predicted octanol–water partition coefficient (Wildman–Crippen LogP) is 2.19. The monoisotopic (exact) mass is 730 g/mol. The molecule has 3 aromatic heterocycles. The average Bonchev–Trinajstić information content (AvgIpc) is 2.90. The van der Waals surface area contributed by atoms with E-state index < -0.39 is 59.7 Å². The Bertz CT molecular complexity index is 1430. The number of halogens is 4. The van der Waals surface area contributed by atoms with Crippen LogP contribution in [0.4, 0.5) is 17.6 Å². The molecule has 3 aromatic rings. The molecule has 0 radical (unpaired) electrons. The zero-order valence-corrected chi connectivity index (χ0v) is 26.4. The van der Waals surface area contributed by atoms with E-state index in [0.29, 0.717) is 6.61 Å². The summed E-state index contributed by atoms with van der Waals surface area (Å²) in [5, 5.41) is 44.4. The van der Waals surface area contributed by atoms with Crippen LogP contribution in [0.2, 0.25) is 0 Å². The first-order chi connectivity index (χ1) is 19.4. The number of aliphatic hydroxyl groups excluding tert-OH is 2. The van der Waals surface area contributed by atoms with Gasteiger partial charge in [-0.05, 0) is 13.8 Å². The number of aromatic hydroxyl groups is 3.